The molecule has 0 radical (unpaired) electrons. The molecule has 1 saturated heterocycles. The summed E-state index contributed by atoms with van der Waals surface area (Å²) in [5.74, 6) is 1.13. The van der Waals surface area contributed by atoms with E-state index in [2.05, 4.69) is 20.7 Å². The Labute approximate surface area is 197 Å². The van der Waals surface area contributed by atoms with Crippen LogP contribution in [-0.4, -0.2) is 61.7 Å². The molecule has 4 rings (SSSR count). The van der Waals surface area contributed by atoms with Gasteiger partial charge in [0.05, 0.1) is 12.4 Å². The predicted molar refractivity (Wildman–Crippen MR) is 120 cm³/mol. The van der Waals surface area contributed by atoms with Crippen molar-refractivity contribution in [3.05, 3.63) is 42.0 Å². The van der Waals surface area contributed by atoms with Crippen LogP contribution in [0, 0.1) is 6.92 Å². The lowest BCUT2D eigenvalue weighted by atomic mass is 10.1. The molecule has 0 unspecified atom stereocenters. The van der Waals surface area contributed by atoms with Crippen molar-refractivity contribution in [2.45, 2.75) is 64.8 Å². The van der Waals surface area contributed by atoms with Gasteiger partial charge in [0.2, 0.25) is 11.7 Å². The summed E-state index contributed by atoms with van der Waals surface area (Å²) in [5, 5.41) is 15.2. The molecule has 0 spiro atoms. The summed E-state index contributed by atoms with van der Waals surface area (Å²) in [5.41, 5.74) is -0.496. The third-order valence-corrected chi connectivity index (χ3v) is 5.31. The molecule has 182 valence electrons. The third-order valence-electron chi connectivity index (χ3n) is 5.31. The van der Waals surface area contributed by atoms with Crippen LogP contribution in [-0.2, 0) is 20.9 Å². The van der Waals surface area contributed by atoms with Crippen molar-refractivity contribution < 1.29 is 23.2 Å². The fourth-order valence-electron chi connectivity index (χ4n) is 3.84. The van der Waals surface area contributed by atoms with E-state index in [0.717, 1.165) is 18.6 Å². The number of aryl methyl sites for hydroxylation is 1. The van der Waals surface area contributed by atoms with Gasteiger partial charge in [-0.1, -0.05) is 0 Å². The number of nitrogens with zero attached hydrogens (tertiary/aromatic N) is 5. The highest BCUT2D eigenvalue weighted by atomic mass is 16.5. The van der Waals surface area contributed by atoms with Gasteiger partial charge in [-0.2, -0.15) is 4.80 Å². The first-order valence-electron chi connectivity index (χ1n) is 11.3. The second kappa shape index (κ2) is 9.80. The highest BCUT2D eigenvalue weighted by molar-refractivity contribution is 5.88. The maximum atomic E-state index is 13.6. The minimum Gasteiger partial charge on any atom is -0.467 e. The Balaban J connectivity index is 1.60. The molecule has 11 nitrogen and oxygen atoms in total. The summed E-state index contributed by atoms with van der Waals surface area (Å²) in [6.45, 7) is 8.12. The maximum Gasteiger partial charge on any atom is 0.251 e. The largest absolute Gasteiger partial charge is 0.467 e. The average Bonchev–Trinajstić information content (AvgIpc) is 3.55. The lowest BCUT2D eigenvalue weighted by molar-refractivity contribution is -0.144. The number of amides is 2. The summed E-state index contributed by atoms with van der Waals surface area (Å²) in [7, 11) is 0. The summed E-state index contributed by atoms with van der Waals surface area (Å²) in [4.78, 5) is 29.6. The van der Waals surface area contributed by atoms with Crippen LogP contribution in [0.2, 0.25) is 0 Å². The van der Waals surface area contributed by atoms with Crippen molar-refractivity contribution in [2.75, 3.05) is 13.2 Å². The molecule has 4 heterocycles. The second-order valence-electron chi connectivity index (χ2n) is 9.39. The van der Waals surface area contributed by atoms with Crippen LogP contribution in [0.15, 0.2) is 39.4 Å². The Bertz CT molecular complexity index is 1110. The molecule has 0 aromatic carbocycles. The van der Waals surface area contributed by atoms with Crippen molar-refractivity contribution in [1.29, 1.82) is 0 Å². The molecule has 0 saturated carbocycles. The minimum atomic E-state index is -0.971. The number of nitrogens with one attached hydrogen (secondary N) is 1. The number of furan rings is 2. The Morgan fingerprint density at radius 3 is 2.74 bits per heavy atom. The Hall–Kier alpha value is -3.47. The van der Waals surface area contributed by atoms with Gasteiger partial charge in [-0.05, 0) is 70.0 Å². The molecule has 1 aliphatic heterocycles. The monoisotopic (exact) mass is 470 g/mol. The molecule has 0 aliphatic carbocycles. The van der Waals surface area contributed by atoms with Gasteiger partial charge in [0, 0.05) is 18.7 Å². The fourth-order valence-corrected chi connectivity index (χ4v) is 3.84. The maximum absolute atomic E-state index is 13.6. The first kappa shape index (κ1) is 23.7. The van der Waals surface area contributed by atoms with Gasteiger partial charge in [0.25, 0.3) is 5.91 Å². The van der Waals surface area contributed by atoms with E-state index >= 15 is 0 Å². The van der Waals surface area contributed by atoms with E-state index in [1.54, 1.807) is 24.3 Å². The zero-order chi connectivity index (χ0) is 24.3. The molecular formula is C23H30N6O5. The topological polar surface area (TPSA) is 129 Å². The first-order chi connectivity index (χ1) is 16.2. The van der Waals surface area contributed by atoms with Crippen LogP contribution in [0.1, 0.15) is 51.2 Å². The molecular weight excluding hydrogens is 440 g/mol. The zero-order valence-corrected chi connectivity index (χ0v) is 19.9. The second-order valence-corrected chi connectivity index (χ2v) is 9.39. The Morgan fingerprint density at radius 2 is 2.12 bits per heavy atom. The lowest BCUT2D eigenvalue weighted by Gasteiger charge is -2.33. The predicted octanol–water partition coefficient (Wildman–Crippen LogP) is 2.50. The highest BCUT2D eigenvalue weighted by Gasteiger charge is 2.37. The molecule has 3 aromatic rings. The van der Waals surface area contributed by atoms with E-state index in [9.17, 15) is 9.59 Å². The number of hydrogen-bond acceptors (Lipinski definition) is 8. The van der Waals surface area contributed by atoms with Crippen LogP contribution in [0.3, 0.4) is 0 Å². The summed E-state index contributed by atoms with van der Waals surface area (Å²) >= 11 is 0. The van der Waals surface area contributed by atoms with Gasteiger partial charge in [0.15, 0.2) is 11.8 Å². The van der Waals surface area contributed by atoms with Crippen molar-refractivity contribution in [2.24, 2.45) is 0 Å². The number of hydrogen-bond donors (Lipinski definition) is 1. The van der Waals surface area contributed by atoms with Crippen LogP contribution in [0.4, 0.5) is 0 Å². The minimum absolute atomic E-state index is 0.172. The molecule has 1 fully saturated rings. The zero-order valence-electron chi connectivity index (χ0n) is 19.9. The molecule has 0 bridgehead atoms. The molecule has 3 aromatic heterocycles. The normalized spacial score (nSPS) is 17.0. The van der Waals surface area contributed by atoms with Gasteiger partial charge in [0.1, 0.15) is 18.1 Å². The standard InChI is InChI=1S/C23H30N6O5/c1-15-9-10-18(34-15)21-25-27-29(26-21)14-19(30)28(13-16-7-5-11-32-16)20(17-8-6-12-33-17)22(31)24-23(2,3)4/h6,8-10,12,16,20H,5,7,11,13-14H2,1-4H3,(H,24,31)/t16-,20+/m1/s1. The average molecular weight is 471 g/mol. The van der Waals surface area contributed by atoms with Gasteiger partial charge >= 0.3 is 0 Å². The number of carbonyl (C=O) groups excluding carboxylic acids is 2. The van der Waals surface area contributed by atoms with E-state index in [1.165, 1.54) is 16.0 Å². The van der Waals surface area contributed by atoms with Crippen molar-refractivity contribution in [3.63, 3.8) is 0 Å². The molecule has 2 amide bonds. The summed E-state index contributed by atoms with van der Waals surface area (Å²) < 4.78 is 16.9. The lowest BCUT2D eigenvalue weighted by Crippen LogP contribution is -2.51. The van der Waals surface area contributed by atoms with Crippen LogP contribution < -0.4 is 5.32 Å². The first-order valence-corrected chi connectivity index (χ1v) is 11.3. The third kappa shape index (κ3) is 5.71. The number of aromatic nitrogens is 4. The van der Waals surface area contributed by atoms with Crippen molar-refractivity contribution in [1.82, 2.24) is 30.4 Å². The van der Waals surface area contributed by atoms with E-state index < -0.39 is 11.6 Å². The van der Waals surface area contributed by atoms with E-state index in [0.29, 0.717) is 18.1 Å². The molecule has 2 atom stereocenters. The fraction of sp³-hybridized carbons (Fsp3) is 0.522. The highest BCUT2D eigenvalue weighted by Crippen LogP contribution is 2.26. The number of carbonyl (C=O) groups is 2. The Morgan fingerprint density at radius 1 is 1.29 bits per heavy atom. The smallest absolute Gasteiger partial charge is 0.251 e. The van der Waals surface area contributed by atoms with Crippen LogP contribution >= 0.6 is 0 Å². The van der Waals surface area contributed by atoms with Crippen molar-refractivity contribution in [3.8, 4) is 11.6 Å². The molecule has 34 heavy (non-hydrogen) atoms. The SMILES string of the molecule is Cc1ccc(-c2nnn(CC(=O)N(C[C@H]3CCCO3)[C@H](C(=O)NC(C)(C)C)c3ccco3)n2)o1. The molecule has 11 heteroatoms. The van der Waals surface area contributed by atoms with E-state index in [1.807, 2.05) is 27.7 Å². The molecule has 1 N–H and O–H groups in total. The quantitative estimate of drug-likeness (QED) is 0.532. The van der Waals surface area contributed by atoms with Gasteiger partial charge in [-0.3, -0.25) is 9.59 Å². The van der Waals surface area contributed by atoms with E-state index in [4.69, 9.17) is 13.6 Å². The molecule has 1 aliphatic rings. The van der Waals surface area contributed by atoms with Crippen molar-refractivity contribution >= 4 is 11.8 Å². The number of rotatable bonds is 8. The number of ether oxygens (including phenoxy) is 1. The van der Waals surface area contributed by atoms with Gasteiger partial charge in [-0.15, -0.1) is 10.2 Å². The Kier molecular flexibility index (Phi) is 6.82. The summed E-state index contributed by atoms with van der Waals surface area (Å²) in [6.07, 6.45) is 3.02. The van der Waals surface area contributed by atoms with E-state index in [-0.39, 0.29) is 36.8 Å². The number of tetrazole rings is 1. The van der Waals surface area contributed by atoms with Crippen LogP contribution in [0.25, 0.3) is 11.6 Å². The summed E-state index contributed by atoms with van der Waals surface area (Å²) in [6, 6.07) is 5.95. The van der Waals surface area contributed by atoms with Gasteiger partial charge < -0.3 is 23.8 Å². The van der Waals surface area contributed by atoms with Gasteiger partial charge in [-0.25, -0.2) is 0 Å². The van der Waals surface area contributed by atoms with Crippen LogP contribution in [0.5, 0.6) is 0 Å².